The van der Waals surface area contributed by atoms with E-state index >= 15 is 0 Å². The Morgan fingerprint density at radius 2 is 2.00 bits per heavy atom. The van der Waals surface area contributed by atoms with E-state index in [1.54, 1.807) is 6.07 Å². The van der Waals surface area contributed by atoms with Crippen LogP contribution in [0.4, 0.5) is 4.39 Å². The van der Waals surface area contributed by atoms with Gasteiger partial charge in [-0.1, -0.05) is 25.8 Å². The summed E-state index contributed by atoms with van der Waals surface area (Å²) in [5.41, 5.74) is 0.837. The van der Waals surface area contributed by atoms with Gasteiger partial charge in [0.1, 0.15) is 0 Å². The zero-order chi connectivity index (χ0) is 13.8. The zero-order valence-corrected chi connectivity index (χ0v) is 11.7. The van der Waals surface area contributed by atoms with E-state index in [9.17, 15) is 9.50 Å². The fraction of sp³-hybridized carbons (Fsp3) is 0.625. The van der Waals surface area contributed by atoms with Gasteiger partial charge >= 0.3 is 0 Å². The van der Waals surface area contributed by atoms with Crippen LogP contribution in [0, 0.1) is 17.7 Å². The van der Waals surface area contributed by atoms with Crippen molar-refractivity contribution in [2.75, 3.05) is 7.11 Å². The Morgan fingerprint density at radius 3 is 2.58 bits per heavy atom. The minimum Gasteiger partial charge on any atom is -0.494 e. The van der Waals surface area contributed by atoms with E-state index in [1.165, 1.54) is 26.0 Å². The van der Waals surface area contributed by atoms with Gasteiger partial charge in [0, 0.05) is 0 Å². The van der Waals surface area contributed by atoms with Gasteiger partial charge in [-0.25, -0.2) is 4.39 Å². The van der Waals surface area contributed by atoms with Crippen molar-refractivity contribution in [3.8, 4) is 5.75 Å². The maximum Gasteiger partial charge on any atom is 0.165 e. The molecule has 1 fully saturated rings. The molecule has 1 aliphatic rings. The molecule has 0 spiro atoms. The van der Waals surface area contributed by atoms with Crippen molar-refractivity contribution in [2.24, 2.45) is 11.8 Å². The third-order valence-electron chi connectivity index (χ3n) is 4.27. The third kappa shape index (κ3) is 3.69. The summed E-state index contributed by atoms with van der Waals surface area (Å²) < 4.78 is 18.5. The average Bonchev–Trinajstić information content (AvgIpc) is 2.39. The molecule has 1 unspecified atom stereocenters. The third-order valence-corrected chi connectivity index (χ3v) is 4.27. The zero-order valence-electron chi connectivity index (χ0n) is 11.7. The Balaban J connectivity index is 1.95. The van der Waals surface area contributed by atoms with Gasteiger partial charge in [-0.2, -0.15) is 0 Å². The van der Waals surface area contributed by atoms with Crippen LogP contribution in [-0.2, 0) is 6.42 Å². The highest BCUT2D eigenvalue weighted by molar-refractivity contribution is 5.29. The van der Waals surface area contributed by atoms with Crippen LogP contribution in [0.5, 0.6) is 5.75 Å². The quantitative estimate of drug-likeness (QED) is 0.903. The number of methoxy groups -OCH3 is 1. The van der Waals surface area contributed by atoms with Crippen LogP contribution in [0.2, 0.25) is 0 Å². The van der Waals surface area contributed by atoms with Crippen LogP contribution in [0.3, 0.4) is 0 Å². The Hall–Kier alpha value is -1.09. The molecule has 1 N–H and O–H groups in total. The summed E-state index contributed by atoms with van der Waals surface area (Å²) in [6, 6.07) is 4.92. The molecule has 106 valence electrons. The number of halogens is 1. The first-order chi connectivity index (χ1) is 9.10. The Labute approximate surface area is 114 Å². The lowest BCUT2D eigenvalue weighted by Gasteiger charge is -2.30. The summed E-state index contributed by atoms with van der Waals surface area (Å²) >= 11 is 0. The number of hydrogen-bond donors (Lipinski definition) is 1. The number of hydrogen-bond acceptors (Lipinski definition) is 2. The van der Waals surface area contributed by atoms with Crippen LogP contribution in [-0.4, -0.2) is 18.3 Å². The lowest BCUT2D eigenvalue weighted by molar-refractivity contribution is 0.0760. The monoisotopic (exact) mass is 266 g/mol. The average molecular weight is 266 g/mol. The molecule has 0 aromatic heterocycles. The highest BCUT2D eigenvalue weighted by Crippen LogP contribution is 2.31. The van der Waals surface area contributed by atoms with Crippen LogP contribution in [0.1, 0.15) is 38.2 Å². The van der Waals surface area contributed by atoms with Gasteiger partial charge in [0.15, 0.2) is 11.6 Å². The number of aliphatic hydroxyl groups excluding tert-OH is 1. The molecule has 0 amide bonds. The van der Waals surface area contributed by atoms with E-state index < -0.39 is 0 Å². The fourth-order valence-electron chi connectivity index (χ4n) is 2.92. The smallest absolute Gasteiger partial charge is 0.165 e. The number of ether oxygens (including phenoxy) is 1. The van der Waals surface area contributed by atoms with E-state index in [-0.39, 0.29) is 17.7 Å². The van der Waals surface area contributed by atoms with Crippen LogP contribution in [0.25, 0.3) is 0 Å². The van der Waals surface area contributed by atoms with Gasteiger partial charge in [-0.15, -0.1) is 0 Å². The first kappa shape index (κ1) is 14.3. The lowest BCUT2D eigenvalue weighted by atomic mass is 9.79. The summed E-state index contributed by atoms with van der Waals surface area (Å²) in [7, 11) is 1.45. The van der Waals surface area contributed by atoms with Gasteiger partial charge in [-0.3, -0.25) is 0 Å². The maximum atomic E-state index is 13.6. The van der Waals surface area contributed by atoms with E-state index in [0.29, 0.717) is 12.3 Å². The van der Waals surface area contributed by atoms with Crippen LogP contribution >= 0.6 is 0 Å². The first-order valence-corrected chi connectivity index (χ1v) is 7.10. The second-order valence-electron chi connectivity index (χ2n) is 5.76. The second kappa shape index (κ2) is 6.38. The molecule has 2 nitrogen and oxygen atoms in total. The lowest BCUT2D eigenvalue weighted by Crippen LogP contribution is -2.26. The molecule has 1 aromatic carbocycles. The number of aliphatic hydroxyl groups is 1. The van der Waals surface area contributed by atoms with Gasteiger partial charge in [0.25, 0.3) is 0 Å². The first-order valence-electron chi connectivity index (χ1n) is 7.10. The Morgan fingerprint density at radius 1 is 1.32 bits per heavy atom. The van der Waals surface area contributed by atoms with Crippen molar-refractivity contribution in [3.63, 3.8) is 0 Å². The van der Waals surface area contributed by atoms with Gasteiger partial charge in [-0.05, 0) is 48.8 Å². The Kier molecular flexibility index (Phi) is 4.81. The van der Waals surface area contributed by atoms with Crippen molar-refractivity contribution in [1.29, 1.82) is 0 Å². The second-order valence-corrected chi connectivity index (χ2v) is 5.76. The molecule has 1 atom stereocenters. The summed E-state index contributed by atoms with van der Waals surface area (Å²) in [5.74, 6) is 1.04. The molecule has 2 rings (SSSR count). The largest absolute Gasteiger partial charge is 0.494 e. The van der Waals surface area contributed by atoms with Crippen molar-refractivity contribution in [1.82, 2.24) is 0 Å². The highest BCUT2D eigenvalue weighted by atomic mass is 19.1. The summed E-state index contributed by atoms with van der Waals surface area (Å²) in [4.78, 5) is 0. The van der Waals surface area contributed by atoms with Gasteiger partial charge in [0.2, 0.25) is 0 Å². The Bertz CT molecular complexity index is 411. The molecule has 0 radical (unpaired) electrons. The fourth-order valence-corrected chi connectivity index (χ4v) is 2.92. The van der Waals surface area contributed by atoms with E-state index in [4.69, 9.17) is 4.74 Å². The molecular formula is C16H23FO2. The van der Waals surface area contributed by atoms with Crippen molar-refractivity contribution < 1.29 is 14.2 Å². The normalized spacial score (nSPS) is 25.1. The molecule has 0 aliphatic heterocycles. The van der Waals surface area contributed by atoms with Gasteiger partial charge < -0.3 is 9.84 Å². The number of rotatable bonds is 4. The summed E-state index contributed by atoms with van der Waals surface area (Å²) in [6.07, 6.45) is 4.72. The SMILES string of the molecule is COc1ccc(CC(O)C2CCC(C)CC2)cc1F. The number of benzene rings is 1. The molecule has 19 heavy (non-hydrogen) atoms. The van der Waals surface area contributed by atoms with Crippen LogP contribution in [0.15, 0.2) is 18.2 Å². The minimum absolute atomic E-state index is 0.254. The van der Waals surface area contributed by atoms with E-state index in [0.717, 1.165) is 24.3 Å². The standard InChI is InChI=1S/C16H23FO2/c1-11-3-6-13(7-4-11)15(18)10-12-5-8-16(19-2)14(17)9-12/h5,8-9,11,13,15,18H,3-4,6-7,10H2,1-2H3. The minimum atomic E-state index is -0.361. The predicted molar refractivity (Wildman–Crippen MR) is 73.8 cm³/mol. The molecule has 0 bridgehead atoms. The molecule has 3 heteroatoms. The van der Waals surface area contributed by atoms with Crippen LogP contribution < -0.4 is 4.74 Å². The van der Waals surface area contributed by atoms with E-state index in [2.05, 4.69) is 6.92 Å². The molecule has 1 aliphatic carbocycles. The molecule has 0 saturated heterocycles. The molecule has 1 saturated carbocycles. The maximum absolute atomic E-state index is 13.6. The summed E-state index contributed by atoms with van der Waals surface area (Å²) in [6.45, 7) is 2.27. The topological polar surface area (TPSA) is 29.5 Å². The van der Waals surface area contributed by atoms with E-state index in [1.807, 2.05) is 6.07 Å². The highest BCUT2D eigenvalue weighted by Gasteiger charge is 2.24. The molecule has 0 heterocycles. The van der Waals surface area contributed by atoms with Crippen molar-refractivity contribution in [2.45, 2.75) is 45.1 Å². The van der Waals surface area contributed by atoms with Crippen molar-refractivity contribution >= 4 is 0 Å². The molecular weight excluding hydrogens is 243 g/mol. The van der Waals surface area contributed by atoms with Crippen molar-refractivity contribution in [3.05, 3.63) is 29.6 Å². The summed E-state index contributed by atoms with van der Waals surface area (Å²) in [5, 5.41) is 10.3. The predicted octanol–water partition coefficient (Wildman–Crippen LogP) is 3.56. The molecule has 1 aromatic rings. The van der Waals surface area contributed by atoms with Gasteiger partial charge in [0.05, 0.1) is 13.2 Å².